The molecule has 0 saturated carbocycles. The summed E-state index contributed by atoms with van der Waals surface area (Å²) in [6.07, 6.45) is -3.49. The number of hydrogen-bond donors (Lipinski definition) is 2. The van der Waals surface area contributed by atoms with Crippen LogP contribution in [0.1, 0.15) is 31.4 Å². The minimum absolute atomic E-state index is 0.244. The topological polar surface area (TPSA) is 53.1 Å². The van der Waals surface area contributed by atoms with Gasteiger partial charge in [0.15, 0.2) is 0 Å². The molecule has 0 radical (unpaired) electrons. The molecule has 0 spiro atoms. The molecule has 1 heterocycles. The highest BCUT2D eigenvalue weighted by molar-refractivity contribution is 5.97. The molecule has 1 aromatic carbocycles. The van der Waals surface area contributed by atoms with E-state index in [4.69, 9.17) is 11.1 Å². The van der Waals surface area contributed by atoms with Crippen LogP contribution >= 0.6 is 0 Å². The fourth-order valence-corrected chi connectivity index (χ4v) is 2.70. The van der Waals surface area contributed by atoms with Gasteiger partial charge in [0.05, 0.1) is 5.56 Å². The summed E-state index contributed by atoms with van der Waals surface area (Å²) in [7, 11) is 0. The summed E-state index contributed by atoms with van der Waals surface area (Å²) in [4.78, 5) is 2.07. The Labute approximate surface area is 122 Å². The second kappa shape index (κ2) is 5.58. The van der Waals surface area contributed by atoms with E-state index in [1.165, 1.54) is 12.1 Å². The number of benzene rings is 1. The first-order chi connectivity index (χ1) is 9.70. The van der Waals surface area contributed by atoms with Crippen LogP contribution in [0.3, 0.4) is 0 Å². The van der Waals surface area contributed by atoms with Crippen molar-refractivity contribution in [1.29, 1.82) is 5.41 Å². The molecule has 21 heavy (non-hydrogen) atoms. The highest BCUT2D eigenvalue weighted by Gasteiger charge is 2.34. The Kier molecular flexibility index (Phi) is 4.16. The monoisotopic (exact) mass is 299 g/mol. The van der Waals surface area contributed by atoms with Gasteiger partial charge in [-0.05, 0) is 36.5 Å². The SMILES string of the molecule is CC1CCN(c2ccc(C(F)(F)F)c(C(=N)N)c2)CC1C. The van der Waals surface area contributed by atoms with Crippen LogP contribution in [-0.4, -0.2) is 18.9 Å². The van der Waals surface area contributed by atoms with E-state index in [1.54, 1.807) is 0 Å². The molecule has 1 aromatic rings. The Balaban J connectivity index is 2.35. The molecule has 116 valence electrons. The van der Waals surface area contributed by atoms with Crippen LogP contribution in [-0.2, 0) is 6.18 Å². The van der Waals surface area contributed by atoms with Crippen LogP contribution in [0.2, 0.25) is 0 Å². The number of piperidine rings is 1. The lowest BCUT2D eigenvalue weighted by Crippen LogP contribution is -2.38. The van der Waals surface area contributed by atoms with E-state index in [9.17, 15) is 13.2 Å². The summed E-state index contributed by atoms with van der Waals surface area (Å²) in [5, 5.41) is 7.40. The Morgan fingerprint density at radius 3 is 2.48 bits per heavy atom. The maximum Gasteiger partial charge on any atom is 0.417 e. The molecule has 3 nitrogen and oxygen atoms in total. The maximum atomic E-state index is 12.9. The normalized spacial score (nSPS) is 23.2. The van der Waals surface area contributed by atoms with Gasteiger partial charge in [-0.3, -0.25) is 5.41 Å². The van der Waals surface area contributed by atoms with Crippen molar-refractivity contribution < 1.29 is 13.2 Å². The number of halogens is 3. The molecular weight excluding hydrogens is 279 g/mol. The highest BCUT2D eigenvalue weighted by Crippen LogP contribution is 2.35. The van der Waals surface area contributed by atoms with Crippen molar-refractivity contribution in [2.45, 2.75) is 26.4 Å². The van der Waals surface area contributed by atoms with Gasteiger partial charge in [0, 0.05) is 24.3 Å². The molecule has 1 aliphatic rings. The molecule has 2 rings (SSSR count). The Morgan fingerprint density at radius 1 is 1.29 bits per heavy atom. The van der Waals surface area contributed by atoms with Gasteiger partial charge in [-0.15, -0.1) is 0 Å². The molecule has 0 aromatic heterocycles. The van der Waals surface area contributed by atoms with Crippen molar-refractivity contribution in [3.63, 3.8) is 0 Å². The Morgan fingerprint density at radius 2 is 1.95 bits per heavy atom. The molecule has 1 fully saturated rings. The van der Waals surface area contributed by atoms with Gasteiger partial charge < -0.3 is 10.6 Å². The number of anilines is 1. The number of rotatable bonds is 2. The third kappa shape index (κ3) is 3.31. The van der Waals surface area contributed by atoms with Crippen molar-refractivity contribution >= 4 is 11.5 Å². The standard InChI is InChI=1S/C15H20F3N3/c1-9-5-6-21(8-10(9)2)11-3-4-13(15(16,17)18)12(7-11)14(19)20/h3-4,7,9-10H,5-6,8H2,1-2H3,(H3,19,20). The van der Waals surface area contributed by atoms with Crippen molar-refractivity contribution in [3.05, 3.63) is 29.3 Å². The van der Waals surface area contributed by atoms with E-state index in [2.05, 4.69) is 18.7 Å². The minimum atomic E-state index is -4.50. The summed E-state index contributed by atoms with van der Waals surface area (Å²) >= 11 is 0. The molecule has 1 saturated heterocycles. The van der Waals surface area contributed by atoms with E-state index in [1.807, 2.05) is 0 Å². The molecule has 1 aliphatic heterocycles. The number of nitrogens with zero attached hydrogens (tertiary/aromatic N) is 1. The van der Waals surface area contributed by atoms with Crippen molar-refractivity contribution in [3.8, 4) is 0 Å². The van der Waals surface area contributed by atoms with Crippen LogP contribution in [0.5, 0.6) is 0 Å². The van der Waals surface area contributed by atoms with Gasteiger partial charge in [0.25, 0.3) is 0 Å². The fraction of sp³-hybridized carbons (Fsp3) is 0.533. The number of nitrogen functional groups attached to an aromatic ring is 1. The summed E-state index contributed by atoms with van der Waals surface area (Å²) in [5.74, 6) is 0.549. The lowest BCUT2D eigenvalue weighted by atomic mass is 9.88. The smallest absolute Gasteiger partial charge is 0.384 e. The van der Waals surface area contributed by atoms with E-state index in [-0.39, 0.29) is 5.56 Å². The number of nitrogens with one attached hydrogen (secondary N) is 1. The van der Waals surface area contributed by atoms with E-state index in [0.717, 1.165) is 25.6 Å². The molecule has 3 N–H and O–H groups in total. The highest BCUT2D eigenvalue weighted by atomic mass is 19.4. The Bertz CT molecular complexity index is 539. The molecule has 0 bridgehead atoms. The molecule has 6 heteroatoms. The number of nitrogens with two attached hydrogens (primary N) is 1. The summed E-state index contributed by atoms with van der Waals surface area (Å²) < 4.78 is 38.8. The van der Waals surface area contributed by atoms with Gasteiger partial charge >= 0.3 is 6.18 Å². The van der Waals surface area contributed by atoms with E-state index in [0.29, 0.717) is 17.5 Å². The van der Waals surface area contributed by atoms with Crippen LogP contribution in [0.15, 0.2) is 18.2 Å². The largest absolute Gasteiger partial charge is 0.417 e. The minimum Gasteiger partial charge on any atom is -0.384 e. The van der Waals surface area contributed by atoms with Crippen LogP contribution in [0.25, 0.3) is 0 Å². The number of alkyl halides is 3. The van der Waals surface area contributed by atoms with Crippen LogP contribution < -0.4 is 10.6 Å². The van der Waals surface area contributed by atoms with Crippen LogP contribution in [0, 0.1) is 17.2 Å². The quantitative estimate of drug-likeness (QED) is 0.649. The van der Waals surface area contributed by atoms with Crippen LogP contribution in [0.4, 0.5) is 18.9 Å². The van der Waals surface area contributed by atoms with Gasteiger partial charge in [-0.2, -0.15) is 13.2 Å². The second-order valence-electron chi connectivity index (χ2n) is 5.83. The number of hydrogen-bond acceptors (Lipinski definition) is 2. The van der Waals surface area contributed by atoms with Crippen molar-refractivity contribution in [2.75, 3.05) is 18.0 Å². The zero-order chi connectivity index (χ0) is 15.8. The van der Waals surface area contributed by atoms with Gasteiger partial charge in [0.1, 0.15) is 5.84 Å². The third-order valence-electron chi connectivity index (χ3n) is 4.30. The average Bonchev–Trinajstić information content (AvgIpc) is 2.40. The second-order valence-corrected chi connectivity index (χ2v) is 5.83. The van der Waals surface area contributed by atoms with Gasteiger partial charge in [-0.25, -0.2) is 0 Å². The summed E-state index contributed by atoms with van der Waals surface area (Å²) in [6, 6.07) is 3.88. The van der Waals surface area contributed by atoms with Crippen molar-refractivity contribution in [2.24, 2.45) is 17.6 Å². The third-order valence-corrected chi connectivity index (χ3v) is 4.30. The predicted octanol–water partition coefficient (Wildman–Crippen LogP) is 3.47. The predicted molar refractivity (Wildman–Crippen MR) is 77.6 cm³/mol. The molecule has 0 amide bonds. The zero-order valence-corrected chi connectivity index (χ0v) is 12.2. The molecule has 2 unspecified atom stereocenters. The van der Waals surface area contributed by atoms with Crippen molar-refractivity contribution in [1.82, 2.24) is 0 Å². The van der Waals surface area contributed by atoms with E-state index >= 15 is 0 Å². The van der Waals surface area contributed by atoms with Gasteiger partial charge in [0.2, 0.25) is 0 Å². The molecule has 2 atom stereocenters. The summed E-state index contributed by atoms with van der Waals surface area (Å²) in [5.41, 5.74) is 4.93. The number of amidine groups is 1. The first-order valence-corrected chi connectivity index (χ1v) is 7.00. The van der Waals surface area contributed by atoms with Gasteiger partial charge in [-0.1, -0.05) is 13.8 Å². The van der Waals surface area contributed by atoms with E-state index < -0.39 is 17.6 Å². The zero-order valence-electron chi connectivity index (χ0n) is 12.2. The first-order valence-electron chi connectivity index (χ1n) is 7.00. The molecule has 0 aliphatic carbocycles. The lowest BCUT2D eigenvalue weighted by Gasteiger charge is -2.37. The first kappa shape index (κ1) is 15.7. The maximum absolute atomic E-state index is 12.9. The fourth-order valence-electron chi connectivity index (χ4n) is 2.70. The average molecular weight is 299 g/mol. The lowest BCUT2D eigenvalue weighted by molar-refractivity contribution is -0.137. The summed E-state index contributed by atoms with van der Waals surface area (Å²) in [6.45, 7) is 5.96. The molecular formula is C15H20F3N3. The Hall–Kier alpha value is -1.72.